The van der Waals surface area contributed by atoms with Gasteiger partial charge in [-0.25, -0.2) is 0 Å². The number of rotatable bonds is 0. The van der Waals surface area contributed by atoms with Gasteiger partial charge in [-0.05, 0) is 25.7 Å². The quantitative estimate of drug-likeness (QED) is 0.422. The van der Waals surface area contributed by atoms with Crippen LogP contribution in [0, 0.1) is 0 Å². The molecule has 0 bridgehead atoms. The summed E-state index contributed by atoms with van der Waals surface area (Å²) in [5, 5.41) is 0. The third kappa shape index (κ3) is 2.84. The van der Waals surface area contributed by atoms with Gasteiger partial charge in [0, 0.05) is 0 Å². The van der Waals surface area contributed by atoms with Crippen LogP contribution in [-0.2, 0) is 0 Å². The second-order valence-corrected chi connectivity index (χ2v) is 2.11. The third-order valence-corrected chi connectivity index (χ3v) is 1.41. The van der Waals surface area contributed by atoms with Crippen LogP contribution < -0.4 is 0 Å². The van der Waals surface area contributed by atoms with Crippen LogP contribution in [0.25, 0.3) is 0 Å². The predicted octanol–water partition coefficient (Wildman–Crippen LogP) is 3.14. The minimum absolute atomic E-state index is 0. The lowest BCUT2D eigenvalue weighted by atomic mass is 10.2. The zero-order valence-corrected chi connectivity index (χ0v) is 4.69. The van der Waals surface area contributed by atoms with Gasteiger partial charge in [0.15, 0.2) is 0 Å². The summed E-state index contributed by atoms with van der Waals surface area (Å²) in [7, 11) is 0. The maximum absolute atomic E-state index is 2.30. The first-order valence-electron chi connectivity index (χ1n) is 3.15. The fourth-order valence-electron chi connectivity index (χ4n) is 0.937. The Hall–Kier alpha value is -0.260. The number of hydrogen-bond donors (Lipinski definition) is 0. The maximum Gasteiger partial charge on any atom is -0.0351 e. The van der Waals surface area contributed by atoms with Gasteiger partial charge in [0.25, 0.3) is 0 Å². The molecule has 0 aromatic rings. The first kappa shape index (κ1) is 7.74. The molecule has 48 valence electrons. The molecule has 8 heavy (non-hydrogen) atoms. The standard InChI is InChI=1S/C7H12.CH4/c1-2-4-6-7-5-3-1;/h1-2H,3-7H2;1H4. The molecule has 1 aliphatic carbocycles. The Morgan fingerprint density at radius 3 is 1.75 bits per heavy atom. The zero-order valence-electron chi connectivity index (χ0n) is 4.69. The van der Waals surface area contributed by atoms with Gasteiger partial charge in [-0.1, -0.05) is 26.0 Å². The topological polar surface area (TPSA) is 0 Å². The second-order valence-electron chi connectivity index (χ2n) is 2.11. The van der Waals surface area contributed by atoms with Gasteiger partial charge in [-0.15, -0.1) is 0 Å². The van der Waals surface area contributed by atoms with Crippen molar-refractivity contribution in [3.05, 3.63) is 12.2 Å². The normalized spacial score (nSPS) is 19.0. The Kier molecular flexibility index (Phi) is 4.73. The van der Waals surface area contributed by atoms with E-state index in [0.29, 0.717) is 0 Å². The Bertz CT molecular complexity index is 54.4. The molecule has 0 saturated carbocycles. The van der Waals surface area contributed by atoms with Crippen molar-refractivity contribution in [1.82, 2.24) is 0 Å². The van der Waals surface area contributed by atoms with Gasteiger partial charge >= 0.3 is 0 Å². The fraction of sp³-hybridized carbons (Fsp3) is 0.750. The SMILES string of the molecule is C.C1=CCCCCC1. The van der Waals surface area contributed by atoms with E-state index < -0.39 is 0 Å². The second kappa shape index (κ2) is 4.89. The zero-order chi connectivity index (χ0) is 4.95. The van der Waals surface area contributed by atoms with Crippen molar-refractivity contribution in [1.29, 1.82) is 0 Å². The van der Waals surface area contributed by atoms with Crippen molar-refractivity contribution >= 4 is 0 Å². The van der Waals surface area contributed by atoms with Crippen molar-refractivity contribution in [3.63, 3.8) is 0 Å². The summed E-state index contributed by atoms with van der Waals surface area (Å²) in [6.45, 7) is 0. The molecular weight excluding hydrogens is 96.1 g/mol. The van der Waals surface area contributed by atoms with E-state index in [2.05, 4.69) is 12.2 Å². The lowest BCUT2D eigenvalue weighted by Crippen LogP contribution is -1.67. The van der Waals surface area contributed by atoms with Crippen LogP contribution in [0.4, 0.5) is 0 Å². The maximum atomic E-state index is 2.30. The molecule has 0 aromatic carbocycles. The Labute approximate surface area is 52.6 Å². The highest BCUT2D eigenvalue weighted by molar-refractivity contribution is 4.83. The number of hydrogen-bond acceptors (Lipinski definition) is 0. The molecule has 1 rings (SSSR count). The largest absolute Gasteiger partial charge is 0.0885 e. The molecule has 0 spiro atoms. The van der Waals surface area contributed by atoms with Crippen LogP contribution in [0.2, 0.25) is 0 Å². The van der Waals surface area contributed by atoms with E-state index in [1.54, 1.807) is 0 Å². The van der Waals surface area contributed by atoms with Gasteiger partial charge in [0.2, 0.25) is 0 Å². The average Bonchev–Trinajstić information content (AvgIpc) is 1.90. The average molecular weight is 112 g/mol. The molecule has 0 unspecified atom stereocenters. The molecule has 0 heterocycles. The summed E-state index contributed by atoms with van der Waals surface area (Å²) < 4.78 is 0. The Morgan fingerprint density at radius 1 is 0.750 bits per heavy atom. The predicted molar refractivity (Wildman–Crippen MR) is 39.0 cm³/mol. The summed E-state index contributed by atoms with van der Waals surface area (Å²) in [5.41, 5.74) is 0. The molecule has 0 saturated heterocycles. The molecule has 1 aliphatic rings. The monoisotopic (exact) mass is 112 g/mol. The number of allylic oxidation sites excluding steroid dienone is 2. The van der Waals surface area contributed by atoms with Crippen LogP contribution in [0.5, 0.6) is 0 Å². The fourth-order valence-corrected chi connectivity index (χ4v) is 0.937. The molecule has 0 nitrogen and oxygen atoms in total. The molecule has 0 radical (unpaired) electrons. The molecule has 0 N–H and O–H groups in total. The summed E-state index contributed by atoms with van der Waals surface area (Å²) in [6.07, 6.45) is 11.5. The van der Waals surface area contributed by atoms with E-state index >= 15 is 0 Å². The highest BCUT2D eigenvalue weighted by Crippen LogP contribution is 2.08. The van der Waals surface area contributed by atoms with E-state index in [1.807, 2.05) is 0 Å². The molecule has 0 atom stereocenters. The van der Waals surface area contributed by atoms with E-state index in [9.17, 15) is 0 Å². The molecule has 0 aromatic heterocycles. The van der Waals surface area contributed by atoms with Crippen molar-refractivity contribution in [2.75, 3.05) is 0 Å². The Balaban J connectivity index is 0.000000490. The highest BCUT2D eigenvalue weighted by atomic mass is 13.9. The lowest BCUT2D eigenvalue weighted by Gasteiger charge is -1.86. The molecule has 0 aliphatic heterocycles. The van der Waals surface area contributed by atoms with Gasteiger partial charge < -0.3 is 0 Å². The van der Waals surface area contributed by atoms with Crippen molar-refractivity contribution in [2.45, 2.75) is 39.5 Å². The summed E-state index contributed by atoms with van der Waals surface area (Å²) in [6, 6.07) is 0. The smallest absolute Gasteiger partial charge is 0.0351 e. The first-order chi connectivity index (χ1) is 3.50. The first-order valence-corrected chi connectivity index (χ1v) is 3.15. The van der Waals surface area contributed by atoms with Crippen molar-refractivity contribution < 1.29 is 0 Å². The van der Waals surface area contributed by atoms with Crippen LogP contribution >= 0.6 is 0 Å². The highest BCUT2D eigenvalue weighted by Gasteiger charge is 1.88. The lowest BCUT2D eigenvalue weighted by molar-refractivity contribution is 0.718. The molecular formula is C8H16. The van der Waals surface area contributed by atoms with Crippen LogP contribution in [0.3, 0.4) is 0 Å². The van der Waals surface area contributed by atoms with Gasteiger partial charge in [-0.3, -0.25) is 0 Å². The third-order valence-electron chi connectivity index (χ3n) is 1.41. The van der Waals surface area contributed by atoms with E-state index in [0.717, 1.165) is 0 Å². The minimum atomic E-state index is 0. The van der Waals surface area contributed by atoms with Crippen LogP contribution in [-0.4, -0.2) is 0 Å². The van der Waals surface area contributed by atoms with Gasteiger partial charge in [-0.2, -0.15) is 0 Å². The molecule has 0 heteroatoms. The van der Waals surface area contributed by atoms with Crippen molar-refractivity contribution in [2.24, 2.45) is 0 Å². The Morgan fingerprint density at radius 2 is 1.25 bits per heavy atom. The van der Waals surface area contributed by atoms with Crippen LogP contribution in [0.1, 0.15) is 39.5 Å². The van der Waals surface area contributed by atoms with E-state index in [1.165, 1.54) is 32.1 Å². The van der Waals surface area contributed by atoms with Gasteiger partial charge in [0.1, 0.15) is 0 Å². The van der Waals surface area contributed by atoms with E-state index in [-0.39, 0.29) is 7.43 Å². The summed E-state index contributed by atoms with van der Waals surface area (Å²) >= 11 is 0. The van der Waals surface area contributed by atoms with Crippen molar-refractivity contribution in [3.8, 4) is 0 Å². The molecule has 0 amide bonds. The summed E-state index contributed by atoms with van der Waals surface area (Å²) in [5.74, 6) is 0. The summed E-state index contributed by atoms with van der Waals surface area (Å²) in [4.78, 5) is 0. The van der Waals surface area contributed by atoms with E-state index in [4.69, 9.17) is 0 Å². The molecule has 0 fully saturated rings. The minimum Gasteiger partial charge on any atom is -0.0885 e. The van der Waals surface area contributed by atoms with Crippen LogP contribution in [0.15, 0.2) is 12.2 Å². The van der Waals surface area contributed by atoms with Gasteiger partial charge in [0.05, 0.1) is 0 Å².